The molecule has 7 nitrogen and oxygen atoms in total. The molecular weight excluding hydrogens is 454 g/mol. The molecule has 1 atom stereocenters. The van der Waals surface area contributed by atoms with E-state index in [9.17, 15) is 22.0 Å². The summed E-state index contributed by atoms with van der Waals surface area (Å²) in [5.74, 6) is -1.95. The van der Waals surface area contributed by atoms with Crippen molar-refractivity contribution in [2.75, 3.05) is 19.5 Å². The summed E-state index contributed by atoms with van der Waals surface area (Å²) in [5, 5.41) is 2.26. The molecule has 0 aliphatic carbocycles. The van der Waals surface area contributed by atoms with Crippen LogP contribution in [0.15, 0.2) is 71.6 Å². The Morgan fingerprint density at radius 1 is 0.939 bits per heavy atom. The van der Waals surface area contributed by atoms with E-state index in [1.807, 2.05) is 0 Å². The quantitative estimate of drug-likeness (QED) is 0.493. The minimum absolute atomic E-state index is 0.0316. The molecule has 0 heterocycles. The van der Waals surface area contributed by atoms with Crippen molar-refractivity contribution < 1.29 is 31.5 Å². The zero-order valence-electron chi connectivity index (χ0n) is 17.8. The van der Waals surface area contributed by atoms with E-state index in [0.29, 0.717) is 11.3 Å². The Bertz CT molecular complexity index is 1240. The van der Waals surface area contributed by atoms with Crippen LogP contribution in [0.1, 0.15) is 5.56 Å². The number of anilines is 1. The second-order valence-electron chi connectivity index (χ2n) is 6.99. The zero-order valence-corrected chi connectivity index (χ0v) is 18.7. The molecule has 10 heteroatoms. The average molecular weight is 477 g/mol. The lowest BCUT2D eigenvalue weighted by atomic mass is 10.1. The molecule has 0 fully saturated rings. The molecule has 1 unspecified atom stereocenters. The topological polar surface area (TPSA) is 93.7 Å². The average Bonchev–Trinajstić information content (AvgIpc) is 2.81. The number of halogens is 2. The van der Waals surface area contributed by atoms with E-state index in [1.165, 1.54) is 32.4 Å². The molecule has 0 radical (unpaired) electrons. The highest BCUT2D eigenvalue weighted by Crippen LogP contribution is 2.29. The molecule has 0 aliphatic heterocycles. The van der Waals surface area contributed by atoms with Crippen LogP contribution in [0, 0.1) is 11.6 Å². The number of nitrogens with one attached hydrogen (secondary N) is 2. The van der Waals surface area contributed by atoms with Crippen molar-refractivity contribution in [3.8, 4) is 11.5 Å². The van der Waals surface area contributed by atoms with E-state index in [-0.39, 0.29) is 17.1 Å². The van der Waals surface area contributed by atoms with Crippen LogP contribution in [-0.2, 0) is 21.2 Å². The van der Waals surface area contributed by atoms with Gasteiger partial charge in [0.05, 0.1) is 24.8 Å². The summed E-state index contributed by atoms with van der Waals surface area (Å²) in [4.78, 5) is 12.8. The summed E-state index contributed by atoms with van der Waals surface area (Å²) < 4.78 is 66.3. The van der Waals surface area contributed by atoms with Gasteiger partial charge >= 0.3 is 0 Å². The first-order valence-electron chi connectivity index (χ1n) is 9.77. The molecule has 3 aromatic carbocycles. The molecule has 0 spiro atoms. The van der Waals surface area contributed by atoms with Crippen LogP contribution < -0.4 is 19.5 Å². The number of carbonyl (C=O) groups is 1. The fourth-order valence-corrected chi connectivity index (χ4v) is 4.30. The molecule has 1 amide bonds. The van der Waals surface area contributed by atoms with E-state index >= 15 is 0 Å². The molecule has 33 heavy (non-hydrogen) atoms. The van der Waals surface area contributed by atoms with Crippen LogP contribution in [0.25, 0.3) is 0 Å². The molecule has 3 aromatic rings. The number of amides is 1. The third-order valence-corrected chi connectivity index (χ3v) is 6.22. The van der Waals surface area contributed by atoms with Crippen LogP contribution >= 0.6 is 0 Å². The number of sulfonamides is 1. The summed E-state index contributed by atoms with van der Waals surface area (Å²) in [5.41, 5.74) is 0.260. The molecule has 0 aromatic heterocycles. The Hall–Kier alpha value is -3.50. The van der Waals surface area contributed by atoms with Gasteiger partial charge in [-0.1, -0.05) is 30.3 Å². The maximum absolute atomic E-state index is 14.0. The fourth-order valence-electron chi connectivity index (χ4n) is 3.09. The van der Waals surface area contributed by atoms with Crippen molar-refractivity contribution in [1.82, 2.24) is 4.72 Å². The second kappa shape index (κ2) is 10.4. The van der Waals surface area contributed by atoms with Crippen LogP contribution in [0.4, 0.5) is 14.5 Å². The molecule has 174 valence electrons. The summed E-state index contributed by atoms with van der Waals surface area (Å²) in [6, 6.07) is 13.9. The van der Waals surface area contributed by atoms with E-state index in [1.54, 1.807) is 30.3 Å². The Labute approximate surface area is 190 Å². The van der Waals surface area contributed by atoms with Crippen molar-refractivity contribution in [2.45, 2.75) is 17.4 Å². The van der Waals surface area contributed by atoms with Gasteiger partial charge in [-0.2, -0.15) is 4.72 Å². The van der Waals surface area contributed by atoms with Gasteiger partial charge in [0.2, 0.25) is 15.9 Å². The monoisotopic (exact) mass is 476 g/mol. The van der Waals surface area contributed by atoms with E-state index in [4.69, 9.17) is 9.47 Å². The highest BCUT2D eigenvalue weighted by Gasteiger charge is 2.27. The third kappa shape index (κ3) is 6.05. The van der Waals surface area contributed by atoms with E-state index in [0.717, 1.165) is 18.2 Å². The van der Waals surface area contributed by atoms with Gasteiger partial charge < -0.3 is 14.8 Å². The van der Waals surface area contributed by atoms with E-state index in [2.05, 4.69) is 10.0 Å². The maximum Gasteiger partial charge on any atom is 0.242 e. The first-order valence-corrected chi connectivity index (χ1v) is 11.3. The number of methoxy groups -OCH3 is 2. The van der Waals surface area contributed by atoms with Gasteiger partial charge in [-0.3, -0.25) is 4.79 Å². The molecule has 0 saturated heterocycles. The van der Waals surface area contributed by atoms with Gasteiger partial charge in [-0.25, -0.2) is 17.2 Å². The first-order chi connectivity index (χ1) is 15.7. The second-order valence-corrected chi connectivity index (χ2v) is 8.71. The number of rotatable bonds is 9. The van der Waals surface area contributed by atoms with Gasteiger partial charge in [0.1, 0.15) is 17.7 Å². The van der Waals surface area contributed by atoms with Crippen LogP contribution in [0.2, 0.25) is 0 Å². The van der Waals surface area contributed by atoms with Crippen LogP contribution in [-0.4, -0.2) is 34.6 Å². The summed E-state index contributed by atoms with van der Waals surface area (Å²) >= 11 is 0. The van der Waals surface area contributed by atoms with Crippen molar-refractivity contribution in [3.63, 3.8) is 0 Å². The van der Waals surface area contributed by atoms with Crippen molar-refractivity contribution in [3.05, 3.63) is 83.9 Å². The van der Waals surface area contributed by atoms with Gasteiger partial charge in [0.15, 0.2) is 11.5 Å². The predicted octanol–water partition coefficient (Wildman–Crippen LogP) is 3.51. The van der Waals surface area contributed by atoms with E-state index < -0.39 is 39.3 Å². The molecule has 3 rings (SSSR count). The fraction of sp³-hybridized carbons (Fsp3) is 0.174. The number of carbonyl (C=O) groups excluding carboxylic acids is 1. The lowest BCUT2D eigenvalue weighted by Crippen LogP contribution is -2.45. The van der Waals surface area contributed by atoms with Gasteiger partial charge in [0.25, 0.3) is 0 Å². The molecule has 0 saturated carbocycles. The SMILES string of the molecule is COc1ccc(S(=O)(=O)NC(Cc2ccccc2)C(=O)Nc2cc(F)ccc2F)cc1OC. The van der Waals surface area contributed by atoms with Crippen LogP contribution in [0.3, 0.4) is 0 Å². The van der Waals surface area contributed by atoms with Gasteiger partial charge in [0, 0.05) is 12.1 Å². The highest BCUT2D eigenvalue weighted by atomic mass is 32.2. The van der Waals surface area contributed by atoms with Crippen molar-refractivity contribution in [2.24, 2.45) is 0 Å². The molecule has 0 bridgehead atoms. The Balaban J connectivity index is 1.92. The normalized spacial score (nSPS) is 12.1. The summed E-state index contributed by atoms with van der Waals surface area (Å²) in [7, 11) is -1.43. The van der Waals surface area contributed by atoms with Gasteiger partial charge in [-0.05, 0) is 36.2 Å². The molecular formula is C23H22F2N2O5S. The smallest absolute Gasteiger partial charge is 0.242 e. The first kappa shape index (κ1) is 24.1. The van der Waals surface area contributed by atoms with Crippen LogP contribution in [0.5, 0.6) is 11.5 Å². The lowest BCUT2D eigenvalue weighted by Gasteiger charge is -2.19. The zero-order chi connectivity index (χ0) is 24.0. The Kier molecular flexibility index (Phi) is 7.62. The van der Waals surface area contributed by atoms with Crippen molar-refractivity contribution in [1.29, 1.82) is 0 Å². The number of hydrogen-bond acceptors (Lipinski definition) is 5. The van der Waals surface area contributed by atoms with Crippen molar-refractivity contribution >= 4 is 21.6 Å². The summed E-state index contributed by atoms with van der Waals surface area (Å²) in [6.07, 6.45) is -0.0316. The largest absolute Gasteiger partial charge is 0.493 e. The Morgan fingerprint density at radius 3 is 2.30 bits per heavy atom. The number of ether oxygens (including phenoxy) is 2. The summed E-state index contributed by atoms with van der Waals surface area (Å²) in [6.45, 7) is 0. The number of benzene rings is 3. The molecule has 2 N–H and O–H groups in total. The van der Waals surface area contributed by atoms with Gasteiger partial charge in [-0.15, -0.1) is 0 Å². The minimum atomic E-state index is -4.21. The lowest BCUT2D eigenvalue weighted by molar-refractivity contribution is -0.117. The predicted molar refractivity (Wildman–Crippen MR) is 119 cm³/mol. The minimum Gasteiger partial charge on any atom is -0.493 e. The highest BCUT2D eigenvalue weighted by molar-refractivity contribution is 7.89. The Morgan fingerprint density at radius 2 is 1.64 bits per heavy atom. The molecule has 0 aliphatic rings. The third-order valence-electron chi connectivity index (χ3n) is 4.75. The standard InChI is InChI=1S/C23H22F2N2O5S/c1-31-21-11-9-17(14-22(21)32-2)33(29,30)27-20(12-15-6-4-3-5-7-15)23(28)26-19-13-16(24)8-10-18(19)25/h3-11,13-14,20,27H,12H2,1-2H3,(H,26,28). The number of hydrogen-bond donors (Lipinski definition) is 2. The maximum atomic E-state index is 14.0.